The highest BCUT2D eigenvalue weighted by Crippen LogP contribution is 2.37. The average molecular weight is 381 g/mol. The smallest absolute Gasteiger partial charge is 0.220 e. The maximum atomic E-state index is 13.7. The first kappa shape index (κ1) is 15.9. The number of benzene rings is 3. The highest BCUT2D eigenvalue weighted by atomic mass is 19.1. The topological polar surface area (TPSA) is 69.6 Å². The van der Waals surface area contributed by atoms with E-state index in [-0.39, 0.29) is 5.82 Å². The summed E-state index contributed by atoms with van der Waals surface area (Å²) in [6.45, 7) is 0. The third kappa shape index (κ3) is 2.34. The quantitative estimate of drug-likeness (QED) is 0.426. The van der Waals surface area contributed by atoms with Gasteiger partial charge in [-0.25, -0.2) is 14.4 Å². The Morgan fingerprint density at radius 3 is 2.69 bits per heavy atom. The van der Waals surface area contributed by atoms with Gasteiger partial charge in [0.2, 0.25) is 5.65 Å². The predicted octanol–water partition coefficient (Wildman–Crippen LogP) is 4.92. The average Bonchev–Trinajstić information content (AvgIpc) is 3.32. The van der Waals surface area contributed by atoms with Crippen molar-refractivity contribution in [3.8, 4) is 17.1 Å². The third-order valence-corrected chi connectivity index (χ3v) is 4.94. The number of fused-ring (bicyclic) bond motifs is 4. The van der Waals surface area contributed by atoms with Crippen LogP contribution >= 0.6 is 0 Å². The molecule has 3 heterocycles. The number of imidazole rings is 1. The predicted molar refractivity (Wildman–Crippen MR) is 107 cm³/mol. The zero-order valence-corrected chi connectivity index (χ0v) is 15.0. The fourth-order valence-electron chi connectivity index (χ4n) is 3.69. The van der Waals surface area contributed by atoms with Crippen LogP contribution in [0.2, 0.25) is 0 Å². The number of furan rings is 1. The van der Waals surface area contributed by atoms with Gasteiger partial charge in [0.1, 0.15) is 23.3 Å². The van der Waals surface area contributed by atoms with E-state index in [1.807, 2.05) is 53.1 Å². The molecule has 0 fully saturated rings. The van der Waals surface area contributed by atoms with Crippen molar-refractivity contribution in [3.05, 3.63) is 78.9 Å². The molecule has 0 amide bonds. The molecule has 0 aliphatic carbocycles. The van der Waals surface area contributed by atoms with Crippen molar-refractivity contribution in [1.29, 1.82) is 0 Å². The number of para-hydroxylation sites is 2. The number of hydrogen-bond acceptors (Lipinski definition) is 5. The highest BCUT2D eigenvalue weighted by Gasteiger charge is 2.20. The number of nitrogens with zero attached hydrogens (tertiary/aromatic N) is 5. The summed E-state index contributed by atoms with van der Waals surface area (Å²) in [5.74, 6) is 0.290. The fraction of sp³-hybridized carbons (Fsp3) is 0. The normalized spacial score (nSPS) is 11.6. The summed E-state index contributed by atoms with van der Waals surface area (Å²) in [7, 11) is 0. The SMILES string of the molecule is Fc1ccc2c(c1)oc1c(-c3nc4nncnc4n3-c3ccccc3)cccc12. The van der Waals surface area contributed by atoms with Gasteiger partial charge in [-0.3, -0.25) is 4.57 Å². The van der Waals surface area contributed by atoms with Gasteiger partial charge < -0.3 is 4.42 Å². The molecule has 6 rings (SSSR count). The maximum Gasteiger partial charge on any atom is 0.220 e. The van der Waals surface area contributed by atoms with Crippen LogP contribution in [-0.2, 0) is 0 Å². The van der Waals surface area contributed by atoms with E-state index in [1.165, 1.54) is 18.5 Å². The van der Waals surface area contributed by atoms with Crippen molar-refractivity contribution in [1.82, 2.24) is 24.7 Å². The first-order chi connectivity index (χ1) is 14.3. The molecule has 0 unspecified atom stereocenters. The molecule has 6 aromatic rings. The minimum atomic E-state index is -0.339. The second-order valence-electron chi connectivity index (χ2n) is 6.64. The molecule has 0 spiro atoms. The Morgan fingerprint density at radius 1 is 0.897 bits per heavy atom. The van der Waals surface area contributed by atoms with Crippen LogP contribution in [-0.4, -0.2) is 24.7 Å². The molecule has 0 N–H and O–H groups in total. The largest absolute Gasteiger partial charge is 0.455 e. The maximum absolute atomic E-state index is 13.7. The standard InChI is InChI=1S/C22H12FN5O/c23-13-9-10-15-16-7-4-8-17(19(16)29-18(15)11-13)21-26-20-22(24-12-25-27-20)28(21)14-5-2-1-3-6-14/h1-12H. The molecule has 0 bridgehead atoms. The first-order valence-electron chi connectivity index (χ1n) is 9.02. The molecule has 0 radical (unpaired) electrons. The Hall–Kier alpha value is -4.13. The van der Waals surface area contributed by atoms with Crippen LogP contribution in [0.4, 0.5) is 4.39 Å². The molecule has 0 saturated carbocycles. The Morgan fingerprint density at radius 2 is 1.79 bits per heavy atom. The molecule has 3 aromatic carbocycles. The van der Waals surface area contributed by atoms with E-state index in [2.05, 4.69) is 20.2 Å². The van der Waals surface area contributed by atoms with Gasteiger partial charge in [-0.1, -0.05) is 30.3 Å². The lowest BCUT2D eigenvalue weighted by Gasteiger charge is -2.08. The molecule has 138 valence electrons. The van der Waals surface area contributed by atoms with E-state index >= 15 is 0 Å². The van der Waals surface area contributed by atoms with Gasteiger partial charge in [-0.15, -0.1) is 10.2 Å². The van der Waals surface area contributed by atoms with E-state index in [1.54, 1.807) is 6.07 Å². The lowest BCUT2D eigenvalue weighted by atomic mass is 10.1. The van der Waals surface area contributed by atoms with Gasteiger partial charge in [0, 0.05) is 22.5 Å². The summed E-state index contributed by atoms with van der Waals surface area (Å²) in [6, 6.07) is 20.2. The summed E-state index contributed by atoms with van der Waals surface area (Å²) < 4.78 is 21.7. The third-order valence-electron chi connectivity index (χ3n) is 4.94. The number of halogens is 1. The van der Waals surface area contributed by atoms with Gasteiger partial charge in [0.15, 0.2) is 11.5 Å². The molecule has 0 saturated heterocycles. The second kappa shape index (κ2) is 5.93. The Labute approximate surface area is 163 Å². The summed E-state index contributed by atoms with van der Waals surface area (Å²) >= 11 is 0. The van der Waals surface area contributed by atoms with E-state index < -0.39 is 0 Å². The Kier molecular flexibility index (Phi) is 3.25. The Bertz CT molecular complexity index is 1520. The summed E-state index contributed by atoms with van der Waals surface area (Å²) in [6.07, 6.45) is 1.40. The van der Waals surface area contributed by atoms with Gasteiger partial charge in [0.05, 0.1) is 5.56 Å². The van der Waals surface area contributed by atoms with Gasteiger partial charge in [-0.2, -0.15) is 0 Å². The van der Waals surface area contributed by atoms with Crippen LogP contribution in [0.5, 0.6) is 0 Å². The molecule has 6 nitrogen and oxygen atoms in total. The van der Waals surface area contributed by atoms with E-state index in [9.17, 15) is 4.39 Å². The van der Waals surface area contributed by atoms with Crippen molar-refractivity contribution in [2.24, 2.45) is 0 Å². The Balaban J connectivity index is 1.73. The van der Waals surface area contributed by atoms with E-state index in [0.717, 1.165) is 22.0 Å². The number of aromatic nitrogens is 5. The van der Waals surface area contributed by atoms with Crippen LogP contribution in [0.1, 0.15) is 0 Å². The molecule has 7 heteroatoms. The minimum Gasteiger partial charge on any atom is -0.455 e. The van der Waals surface area contributed by atoms with E-state index in [0.29, 0.717) is 28.3 Å². The zero-order chi connectivity index (χ0) is 19.4. The highest BCUT2D eigenvalue weighted by molar-refractivity contribution is 6.09. The molecule has 29 heavy (non-hydrogen) atoms. The molecule has 3 aromatic heterocycles. The number of hydrogen-bond donors (Lipinski definition) is 0. The van der Waals surface area contributed by atoms with Crippen LogP contribution in [0, 0.1) is 5.82 Å². The van der Waals surface area contributed by atoms with Crippen LogP contribution in [0.25, 0.3) is 50.3 Å². The van der Waals surface area contributed by atoms with E-state index in [4.69, 9.17) is 4.42 Å². The molecule has 0 atom stereocenters. The summed E-state index contributed by atoms with van der Waals surface area (Å²) in [5, 5.41) is 9.73. The summed E-state index contributed by atoms with van der Waals surface area (Å²) in [5.41, 5.74) is 3.82. The minimum absolute atomic E-state index is 0.339. The van der Waals surface area contributed by atoms with Crippen molar-refractivity contribution in [2.75, 3.05) is 0 Å². The summed E-state index contributed by atoms with van der Waals surface area (Å²) in [4.78, 5) is 9.07. The zero-order valence-electron chi connectivity index (χ0n) is 15.0. The lowest BCUT2D eigenvalue weighted by Crippen LogP contribution is -1.99. The van der Waals surface area contributed by atoms with Crippen molar-refractivity contribution in [2.45, 2.75) is 0 Å². The van der Waals surface area contributed by atoms with Crippen molar-refractivity contribution >= 4 is 33.2 Å². The van der Waals surface area contributed by atoms with Crippen LogP contribution < -0.4 is 0 Å². The van der Waals surface area contributed by atoms with Gasteiger partial charge in [-0.05, 0) is 30.3 Å². The number of rotatable bonds is 2. The molecular formula is C22H12FN5O. The molecule has 0 aliphatic heterocycles. The first-order valence-corrected chi connectivity index (χ1v) is 9.02. The molecular weight excluding hydrogens is 369 g/mol. The van der Waals surface area contributed by atoms with Gasteiger partial charge >= 0.3 is 0 Å². The second-order valence-corrected chi connectivity index (χ2v) is 6.64. The molecule has 0 aliphatic rings. The van der Waals surface area contributed by atoms with Crippen LogP contribution in [0.15, 0.2) is 77.5 Å². The van der Waals surface area contributed by atoms with Crippen LogP contribution in [0.3, 0.4) is 0 Å². The fourth-order valence-corrected chi connectivity index (χ4v) is 3.69. The van der Waals surface area contributed by atoms with Crippen molar-refractivity contribution in [3.63, 3.8) is 0 Å². The van der Waals surface area contributed by atoms with Gasteiger partial charge in [0.25, 0.3) is 0 Å². The monoisotopic (exact) mass is 381 g/mol. The lowest BCUT2D eigenvalue weighted by molar-refractivity contribution is 0.618. The van der Waals surface area contributed by atoms with Crippen molar-refractivity contribution < 1.29 is 8.81 Å².